The Morgan fingerprint density at radius 1 is 1.40 bits per heavy atom. The lowest BCUT2D eigenvalue weighted by Gasteiger charge is -2.28. The van der Waals surface area contributed by atoms with E-state index < -0.39 is 24.0 Å². The molecule has 0 radical (unpaired) electrons. The highest BCUT2D eigenvalue weighted by Crippen LogP contribution is 2.24. The quantitative estimate of drug-likeness (QED) is 0.667. The van der Waals surface area contributed by atoms with Crippen LogP contribution in [0.15, 0.2) is 0 Å². The lowest BCUT2D eigenvalue weighted by Crippen LogP contribution is -2.50. The van der Waals surface area contributed by atoms with Crippen LogP contribution in [0.25, 0.3) is 0 Å². The van der Waals surface area contributed by atoms with Gasteiger partial charge in [0.05, 0.1) is 0 Å². The highest BCUT2D eigenvalue weighted by molar-refractivity contribution is 5.87. The minimum absolute atomic E-state index is 0.0319. The molecule has 1 aliphatic rings. The monoisotopic (exact) mass is 285 g/mol. The molecule has 0 aromatic carbocycles. The molecule has 1 aliphatic carbocycles. The van der Waals surface area contributed by atoms with Crippen molar-refractivity contribution in [2.75, 3.05) is 0 Å². The number of Topliss-reactive ketones (excluding diaryl/α,β-unsaturated/α-hetero) is 1. The standard InChI is InChI=1S/C14H23NO5/c1-8(2)6-11(17)13(18)15-12(14(19)20)9-4-3-5-10(16)7-9/h8-9,11-12,17H,3-7H2,1-2H3,(H,15,18)(H,19,20)/t9-,11-,12+/m1/s1. The van der Waals surface area contributed by atoms with Gasteiger partial charge in [-0.3, -0.25) is 9.59 Å². The van der Waals surface area contributed by atoms with Crippen LogP contribution in [0.1, 0.15) is 46.0 Å². The number of hydrogen-bond donors (Lipinski definition) is 3. The molecule has 20 heavy (non-hydrogen) atoms. The number of aliphatic hydroxyl groups is 1. The van der Waals surface area contributed by atoms with Crippen molar-refractivity contribution in [3.63, 3.8) is 0 Å². The molecular weight excluding hydrogens is 262 g/mol. The molecule has 0 aromatic heterocycles. The molecule has 6 nitrogen and oxygen atoms in total. The zero-order valence-corrected chi connectivity index (χ0v) is 12.0. The number of carboxylic acid groups (broad SMARTS) is 1. The molecule has 1 fully saturated rings. The van der Waals surface area contributed by atoms with Gasteiger partial charge in [0.2, 0.25) is 5.91 Å². The van der Waals surface area contributed by atoms with Crippen LogP contribution in [0.3, 0.4) is 0 Å². The summed E-state index contributed by atoms with van der Waals surface area (Å²) in [5.74, 6) is -2.05. The minimum Gasteiger partial charge on any atom is -0.480 e. The average Bonchev–Trinajstić information content (AvgIpc) is 2.34. The van der Waals surface area contributed by atoms with Crippen molar-refractivity contribution in [3.05, 3.63) is 0 Å². The third kappa shape index (κ3) is 4.92. The second kappa shape index (κ2) is 7.38. The van der Waals surface area contributed by atoms with Crippen molar-refractivity contribution in [1.29, 1.82) is 0 Å². The molecule has 3 atom stereocenters. The van der Waals surface area contributed by atoms with Crippen LogP contribution in [0.5, 0.6) is 0 Å². The molecule has 0 saturated heterocycles. The molecule has 3 N–H and O–H groups in total. The summed E-state index contributed by atoms with van der Waals surface area (Å²) >= 11 is 0. The van der Waals surface area contributed by atoms with Crippen LogP contribution >= 0.6 is 0 Å². The first-order valence-electron chi connectivity index (χ1n) is 7.04. The predicted octanol–water partition coefficient (Wildman–Crippen LogP) is 0.722. The summed E-state index contributed by atoms with van der Waals surface area (Å²) in [6, 6.07) is -1.10. The van der Waals surface area contributed by atoms with E-state index in [1.165, 1.54) is 0 Å². The summed E-state index contributed by atoms with van der Waals surface area (Å²) in [5, 5.41) is 21.3. The van der Waals surface area contributed by atoms with E-state index in [1.807, 2.05) is 13.8 Å². The van der Waals surface area contributed by atoms with E-state index >= 15 is 0 Å². The SMILES string of the molecule is CC(C)C[C@@H](O)C(=O)N[C@H](C(=O)O)[C@@H]1CCCC(=O)C1. The summed E-state index contributed by atoms with van der Waals surface area (Å²) < 4.78 is 0. The number of nitrogens with one attached hydrogen (secondary N) is 1. The number of ketones is 1. The van der Waals surface area contributed by atoms with Gasteiger partial charge in [-0.15, -0.1) is 0 Å². The van der Waals surface area contributed by atoms with Gasteiger partial charge in [0.25, 0.3) is 0 Å². The summed E-state index contributed by atoms with van der Waals surface area (Å²) in [6.07, 6.45) is 0.976. The topological polar surface area (TPSA) is 104 Å². The van der Waals surface area contributed by atoms with Crippen molar-refractivity contribution >= 4 is 17.7 Å². The van der Waals surface area contributed by atoms with Crippen molar-refractivity contribution in [3.8, 4) is 0 Å². The minimum atomic E-state index is -1.21. The Bertz CT molecular complexity index is 380. The summed E-state index contributed by atoms with van der Waals surface area (Å²) in [5.41, 5.74) is 0. The zero-order valence-electron chi connectivity index (χ0n) is 12.0. The van der Waals surface area contributed by atoms with Gasteiger partial charge in [0.15, 0.2) is 0 Å². The average molecular weight is 285 g/mol. The number of carboxylic acids is 1. The molecule has 0 unspecified atom stereocenters. The zero-order chi connectivity index (χ0) is 15.3. The molecule has 1 saturated carbocycles. The van der Waals surface area contributed by atoms with E-state index in [9.17, 15) is 24.6 Å². The smallest absolute Gasteiger partial charge is 0.326 e. The van der Waals surface area contributed by atoms with Crippen LogP contribution in [-0.2, 0) is 14.4 Å². The van der Waals surface area contributed by atoms with Crippen LogP contribution in [0.4, 0.5) is 0 Å². The van der Waals surface area contributed by atoms with Crippen LogP contribution in [-0.4, -0.2) is 40.0 Å². The van der Waals surface area contributed by atoms with E-state index in [1.54, 1.807) is 0 Å². The first-order chi connectivity index (χ1) is 9.31. The molecular formula is C14H23NO5. The Labute approximate surface area is 118 Å². The lowest BCUT2D eigenvalue weighted by atomic mass is 9.83. The van der Waals surface area contributed by atoms with Gasteiger partial charge in [0.1, 0.15) is 17.9 Å². The number of rotatable bonds is 6. The largest absolute Gasteiger partial charge is 0.480 e. The van der Waals surface area contributed by atoms with Crippen LogP contribution < -0.4 is 5.32 Å². The maximum Gasteiger partial charge on any atom is 0.326 e. The summed E-state index contributed by atoms with van der Waals surface area (Å²) in [7, 11) is 0. The fraction of sp³-hybridized carbons (Fsp3) is 0.786. The number of hydrogen-bond acceptors (Lipinski definition) is 4. The maximum atomic E-state index is 11.8. The Morgan fingerprint density at radius 3 is 2.55 bits per heavy atom. The second-order valence-corrected chi connectivity index (χ2v) is 5.86. The van der Waals surface area contributed by atoms with E-state index in [2.05, 4.69) is 5.32 Å². The Hall–Kier alpha value is -1.43. The van der Waals surface area contributed by atoms with Gasteiger partial charge in [-0.1, -0.05) is 13.8 Å². The molecule has 0 spiro atoms. The fourth-order valence-electron chi connectivity index (χ4n) is 2.53. The number of aliphatic carboxylic acids is 1. The molecule has 114 valence electrons. The lowest BCUT2D eigenvalue weighted by molar-refractivity contribution is -0.146. The molecule has 6 heteroatoms. The molecule has 1 rings (SSSR count). The van der Waals surface area contributed by atoms with Gasteiger partial charge in [-0.2, -0.15) is 0 Å². The van der Waals surface area contributed by atoms with Crippen molar-refractivity contribution in [1.82, 2.24) is 5.32 Å². The molecule has 0 heterocycles. The molecule has 0 aromatic rings. The van der Waals surface area contributed by atoms with Gasteiger partial charge in [-0.25, -0.2) is 4.79 Å². The van der Waals surface area contributed by atoms with Gasteiger partial charge < -0.3 is 15.5 Å². The van der Waals surface area contributed by atoms with E-state index in [0.717, 1.165) is 0 Å². The molecule has 0 aliphatic heterocycles. The molecule has 0 bridgehead atoms. The van der Waals surface area contributed by atoms with Gasteiger partial charge in [-0.05, 0) is 31.1 Å². The van der Waals surface area contributed by atoms with Crippen molar-refractivity contribution in [2.24, 2.45) is 11.8 Å². The summed E-state index contributed by atoms with van der Waals surface area (Å²) in [4.78, 5) is 34.5. The third-order valence-corrected chi connectivity index (χ3v) is 3.55. The highest BCUT2D eigenvalue weighted by atomic mass is 16.4. The van der Waals surface area contributed by atoms with Crippen LogP contribution in [0, 0.1) is 11.8 Å². The van der Waals surface area contributed by atoms with E-state index in [-0.39, 0.29) is 30.5 Å². The van der Waals surface area contributed by atoms with E-state index in [0.29, 0.717) is 19.3 Å². The Balaban J connectivity index is 2.65. The summed E-state index contributed by atoms with van der Waals surface area (Å²) in [6.45, 7) is 3.73. The molecule has 1 amide bonds. The fourth-order valence-corrected chi connectivity index (χ4v) is 2.53. The van der Waals surface area contributed by atoms with Crippen molar-refractivity contribution < 1.29 is 24.6 Å². The number of carbonyl (C=O) groups is 3. The normalized spacial score (nSPS) is 22.4. The van der Waals surface area contributed by atoms with E-state index in [4.69, 9.17) is 0 Å². The second-order valence-electron chi connectivity index (χ2n) is 5.86. The third-order valence-electron chi connectivity index (χ3n) is 3.55. The van der Waals surface area contributed by atoms with Crippen molar-refractivity contribution in [2.45, 2.75) is 58.1 Å². The highest BCUT2D eigenvalue weighted by Gasteiger charge is 2.34. The Morgan fingerprint density at radius 2 is 2.05 bits per heavy atom. The van der Waals surface area contributed by atoms with Crippen LogP contribution in [0.2, 0.25) is 0 Å². The van der Waals surface area contributed by atoms with Gasteiger partial charge >= 0.3 is 5.97 Å². The number of carbonyl (C=O) groups excluding carboxylic acids is 2. The number of aliphatic hydroxyl groups excluding tert-OH is 1. The first kappa shape index (κ1) is 16.6. The first-order valence-corrected chi connectivity index (χ1v) is 7.04. The predicted molar refractivity (Wildman–Crippen MR) is 72.0 cm³/mol. The van der Waals surface area contributed by atoms with Gasteiger partial charge in [0, 0.05) is 12.8 Å². The Kier molecular flexibility index (Phi) is 6.13. The number of amides is 1. The maximum absolute atomic E-state index is 11.8.